The largest absolute Gasteiger partial charge is 0.423 e. The molecule has 0 aliphatic rings. The van der Waals surface area contributed by atoms with E-state index < -0.39 is 35.2 Å². The van der Waals surface area contributed by atoms with Crippen LogP contribution >= 0.6 is 0 Å². The molecule has 0 fully saturated rings. The van der Waals surface area contributed by atoms with Gasteiger partial charge >= 0.3 is 6.18 Å². The predicted molar refractivity (Wildman–Crippen MR) is 65.8 cm³/mol. The van der Waals surface area contributed by atoms with E-state index in [4.69, 9.17) is 0 Å². The van der Waals surface area contributed by atoms with E-state index in [2.05, 4.69) is 10.2 Å². The van der Waals surface area contributed by atoms with Gasteiger partial charge in [0.05, 0.1) is 5.54 Å². The second-order valence-corrected chi connectivity index (χ2v) is 5.44. The molecule has 1 aromatic carbocycles. The van der Waals surface area contributed by atoms with Crippen LogP contribution in [0, 0.1) is 5.82 Å². The zero-order valence-corrected chi connectivity index (χ0v) is 11.4. The van der Waals surface area contributed by atoms with Crippen molar-refractivity contribution < 1.29 is 22.7 Å². The number of halogens is 4. The molecule has 0 amide bonds. The smallest absolute Gasteiger partial charge is 0.375 e. The Balaban J connectivity index is 3.11. The molecule has 112 valence electrons. The Morgan fingerprint density at radius 2 is 1.55 bits per heavy atom. The Bertz CT molecular complexity index is 477. The van der Waals surface area contributed by atoms with Crippen molar-refractivity contribution in [3.05, 3.63) is 35.6 Å². The molecule has 1 unspecified atom stereocenters. The van der Waals surface area contributed by atoms with Gasteiger partial charge in [0.25, 0.3) is 0 Å². The molecule has 1 N–H and O–H groups in total. The maximum Gasteiger partial charge on any atom is 0.423 e. The van der Waals surface area contributed by atoms with Crippen molar-refractivity contribution in [3.8, 4) is 0 Å². The first-order valence-corrected chi connectivity index (χ1v) is 5.89. The second kappa shape index (κ2) is 5.47. The van der Waals surface area contributed by atoms with Crippen molar-refractivity contribution in [2.75, 3.05) is 6.54 Å². The van der Waals surface area contributed by atoms with Gasteiger partial charge in [-0.3, -0.25) is 0 Å². The summed E-state index contributed by atoms with van der Waals surface area (Å²) in [5.74, 6) is -0.686. The van der Waals surface area contributed by atoms with Crippen molar-refractivity contribution in [3.63, 3.8) is 0 Å². The van der Waals surface area contributed by atoms with Gasteiger partial charge in [-0.1, -0.05) is 12.1 Å². The lowest BCUT2D eigenvalue weighted by molar-refractivity contribution is -0.262. The summed E-state index contributed by atoms with van der Waals surface area (Å²) in [6.45, 7) is 4.03. The molecule has 0 aliphatic heterocycles. The minimum Gasteiger partial charge on any atom is -0.375 e. The van der Waals surface area contributed by atoms with Crippen LogP contribution in [0.15, 0.2) is 34.5 Å². The van der Waals surface area contributed by atoms with Crippen LogP contribution in [0.1, 0.15) is 26.3 Å². The topological polar surface area (TPSA) is 45.0 Å². The fraction of sp³-hybridized carbons (Fsp3) is 0.538. The van der Waals surface area contributed by atoms with Gasteiger partial charge in [-0.2, -0.15) is 23.4 Å². The first kappa shape index (κ1) is 16.6. The van der Waals surface area contributed by atoms with Gasteiger partial charge in [-0.05, 0) is 38.5 Å². The van der Waals surface area contributed by atoms with Crippen LogP contribution in [0.4, 0.5) is 17.6 Å². The molecule has 0 heterocycles. The first-order valence-electron chi connectivity index (χ1n) is 5.89. The van der Waals surface area contributed by atoms with E-state index in [0.29, 0.717) is 0 Å². The molecule has 20 heavy (non-hydrogen) atoms. The standard InChI is InChI=1S/C13H16F4N2O/c1-11(2,3)19-18-8-12(20,13(15,16)17)9-4-6-10(14)7-5-9/h4-7,20H,8H2,1-3H3. The molecule has 0 saturated carbocycles. The maximum atomic E-state index is 13.1. The summed E-state index contributed by atoms with van der Waals surface area (Å²) in [4.78, 5) is 0. The third kappa shape index (κ3) is 4.00. The third-order valence-corrected chi connectivity index (χ3v) is 2.46. The van der Waals surface area contributed by atoms with Crippen LogP contribution in [0.5, 0.6) is 0 Å². The minimum atomic E-state index is -4.94. The number of hydrogen-bond donors (Lipinski definition) is 1. The highest BCUT2D eigenvalue weighted by Crippen LogP contribution is 2.39. The van der Waals surface area contributed by atoms with E-state index in [1.807, 2.05) is 0 Å². The number of hydrogen-bond acceptors (Lipinski definition) is 3. The second-order valence-electron chi connectivity index (χ2n) is 5.44. The van der Waals surface area contributed by atoms with Crippen molar-refractivity contribution in [1.82, 2.24) is 0 Å². The molecular weight excluding hydrogens is 276 g/mol. The average molecular weight is 292 g/mol. The third-order valence-electron chi connectivity index (χ3n) is 2.46. The predicted octanol–water partition coefficient (Wildman–Crippen LogP) is 3.83. The number of alkyl halides is 3. The zero-order valence-electron chi connectivity index (χ0n) is 11.4. The van der Waals surface area contributed by atoms with Crippen LogP contribution < -0.4 is 0 Å². The number of nitrogens with zero attached hydrogens (tertiary/aromatic N) is 2. The fourth-order valence-electron chi connectivity index (χ4n) is 1.42. The molecule has 0 aromatic heterocycles. The van der Waals surface area contributed by atoms with Gasteiger partial charge in [0, 0.05) is 0 Å². The van der Waals surface area contributed by atoms with E-state index in [1.54, 1.807) is 20.8 Å². The minimum absolute atomic E-state index is 0.473. The van der Waals surface area contributed by atoms with E-state index in [0.717, 1.165) is 24.3 Å². The van der Waals surface area contributed by atoms with Gasteiger partial charge in [0.1, 0.15) is 12.4 Å². The Labute approximate surface area is 114 Å². The molecule has 0 spiro atoms. The lowest BCUT2D eigenvalue weighted by atomic mass is 9.93. The normalized spacial score (nSPS) is 16.4. The number of azo groups is 1. The highest BCUT2D eigenvalue weighted by Gasteiger charge is 2.55. The van der Waals surface area contributed by atoms with E-state index in [9.17, 15) is 22.7 Å². The molecule has 0 bridgehead atoms. The summed E-state index contributed by atoms with van der Waals surface area (Å²) < 4.78 is 52.0. The van der Waals surface area contributed by atoms with Crippen LogP contribution in [0.3, 0.4) is 0 Å². The van der Waals surface area contributed by atoms with Gasteiger partial charge in [-0.25, -0.2) is 4.39 Å². The molecule has 0 aliphatic carbocycles. The summed E-state index contributed by atoms with van der Waals surface area (Å²) in [5, 5.41) is 17.0. The molecule has 0 saturated heterocycles. The summed E-state index contributed by atoms with van der Waals surface area (Å²) in [7, 11) is 0. The Morgan fingerprint density at radius 3 is 1.95 bits per heavy atom. The summed E-state index contributed by atoms with van der Waals surface area (Å²) in [5.41, 5.74) is -4.30. The van der Waals surface area contributed by atoms with Crippen LogP contribution in [0.2, 0.25) is 0 Å². The van der Waals surface area contributed by atoms with Crippen LogP contribution in [-0.2, 0) is 5.60 Å². The highest BCUT2D eigenvalue weighted by molar-refractivity contribution is 5.25. The lowest BCUT2D eigenvalue weighted by Crippen LogP contribution is -2.45. The van der Waals surface area contributed by atoms with E-state index in [1.165, 1.54) is 0 Å². The fourth-order valence-corrected chi connectivity index (χ4v) is 1.42. The number of benzene rings is 1. The van der Waals surface area contributed by atoms with Crippen molar-refractivity contribution in [2.45, 2.75) is 38.1 Å². The molecule has 1 atom stereocenters. The molecule has 0 radical (unpaired) electrons. The summed E-state index contributed by atoms with van der Waals surface area (Å²) >= 11 is 0. The van der Waals surface area contributed by atoms with Crippen molar-refractivity contribution >= 4 is 0 Å². The van der Waals surface area contributed by atoms with E-state index in [-0.39, 0.29) is 0 Å². The van der Waals surface area contributed by atoms with Crippen molar-refractivity contribution in [2.24, 2.45) is 10.2 Å². The lowest BCUT2D eigenvalue weighted by Gasteiger charge is -2.29. The Kier molecular flexibility index (Phi) is 4.53. The molecular formula is C13H16F4N2O. The quantitative estimate of drug-likeness (QED) is 0.668. The Morgan fingerprint density at radius 1 is 1.05 bits per heavy atom. The van der Waals surface area contributed by atoms with E-state index >= 15 is 0 Å². The maximum absolute atomic E-state index is 13.1. The van der Waals surface area contributed by atoms with Gasteiger partial charge < -0.3 is 5.11 Å². The average Bonchev–Trinajstić information content (AvgIpc) is 2.26. The monoisotopic (exact) mass is 292 g/mol. The Hall–Kier alpha value is -1.50. The van der Waals surface area contributed by atoms with Crippen LogP contribution in [-0.4, -0.2) is 23.4 Å². The van der Waals surface area contributed by atoms with Gasteiger partial charge in [-0.15, -0.1) is 0 Å². The summed E-state index contributed by atoms with van der Waals surface area (Å²) in [6.07, 6.45) is -4.94. The first-order chi connectivity index (χ1) is 8.96. The number of aliphatic hydroxyl groups is 1. The van der Waals surface area contributed by atoms with Gasteiger partial charge in [0.15, 0.2) is 0 Å². The molecule has 7 heteroatoms. The molecule has 1 aromatic rings. The van der Waals surface area contributed by atoms with Crippen LogP contribution in [0.25, 0.3) is 0 Å². The number of rotatable bonds is 3. The zero-order chi connectivity index (χ0) is 15.6. The SMILES string of the molecule is CC(C)(C)N=NCC(O)(c1ccc(F)cc1)C(F)(F)F. The van der Waals surface area contributed by atoms with Crippen molar-refractivity contribution in [1.29, 1.82) is 0 Å². The molecule has 3 nitrogen and oxygen atoms in total. The highest BCUT2D eigenvalue weighted by atomic mass is 19.4. The summed E-state index contributed by atoms with van der Waals surface area (Å²) in [6, 6.07) is 3.48. The molecule has 1 rings (SSSR count). The van der Waals surface area contributed by atoms with Gasteiger partial charge in [0.2, 0.25) is 5.60 Å².